The maximum Gasteiger partial charge on any atom is 0.239 e. The van der Waals surface area contributed by atoms with Gasteiger partial charge in [0.05, 0.1) is 23.5 Å². The largest absolute Gasteiger partial charge is 0.378 e. The van der Waals surface area contributed by atoms with Gasteiger partial charge in [-0.05, 0) is 28.1 Å². The molecule has 0 bridgehead atoms. The Labute approximate surface area is 106 Å². The molecule has 2 heterocycles. The molecule has 1 aromatic heterocycles. The molecule has 2 rings (SSSR count). The molecule has 1 unspecified atom stereocenters. The maximum absolute atomic E-state index is 11.7. The van der Waals surface area contributed by atoms with Crippen molar-refractivity contribution in [2.24, 2.45) is 0 Å². The fraction of sp³-hybridized carbons (Fsp3) is 0.500. The Bertz CT molecular complexity index is 363. The van der Waals surface area contributed by atoms with E-state index >= 15 is 0 Å². The lowest BCUT2D eigenvalue weighted by Gasteiger charge is -2.22. The van der Waals surface area contributed by atoms with Crippen molar-refractivity contribution in [2.45, 2.75) is 12.6 Å². The number of morpholine rings is 1. The summed E-state index contributed by atoms with van der Waals surface area (Å²) >= 11 is 5.02. The topological polar surface area (TPSA) is 50.4 Å². The summed E-state index contributed by atoms with van der Waals surface area (Å²) in [6, 6.07) is 3.77. The Morgan fingerprint density at radius 1 is 1.69 bits per heavy atom. The van der Waals surface area contributed by atoms with Gasteiger partial charge in [0.15, 0.2) is 0 Å². The first-order chi connectivity index (χ1) is 7.75. The molecule has 0 saturated carbocycles. The van der Waals surface area contributed by atoms with Crippen LogP contribution in [0.2, 0.25) is 0 Å². The molecule has 0 aromatic carbocycles. The minimum absolute atomic E-state index is 0.00391. The lowest BCUT2D eigenvalue weighted by atomic mass is 10.2. The number of rotatable bonds is 3. The first-order valence-corrected chi connectivity index (χ1v) is 6.70. The van der Waals surface area contributed by atoms with Gasteiger partial charge < -0.3 is 15.4 Å². The van der Waals surface area contributed by atoms with Gasteiger partial charge in [0.1, 0.15) is 6.04 Å². The van der Waals surface area contributed by atoms with E-state index in [0.29, 0.717) is 19.8 Å². The van der Waals surface area contributed by atoms with Crippen LogP contribution in [0.3, 0.4) is 0 Å². The SMILES string of the molecule is O=C(NCc1ccc(Br)s1)C1COCCN1. The Morgan fingerprint density at radius 3 is 3.19 bits per heavy atom. The van der Waals surface area contributed by atoms with Crippen LogP contribution in [0.25, 0.3) is 0 Å². The van der Waals surface area contributed by atoms with E-state index in [1.165, 1.54) is 0 Å². The zero-order chi connectivity index (χ0) is 11.4. The second-order valence-corrected chi connectivity index (χ2v) is 6.05. The number of thiophene rings is 1. The maximum atomic E-state index is 11.7. The van der Waals surface area contributed by atoms with Gasteiger partial charge >= 0.3 is 0 Å². The highest BCUT2D eigenvalue weighted by molar-refractivity contribution is 9.11. The van der Waals surface area contributed by atoms with Crippen LogP contribution >= 0.6 is 27.3 Å². The average Bonchev–Trinajstić information content (AvgIpc) is 2.73. The van der Waals surface area contributed by atoms with E-state index in [1.807, 2.05) is 12.1 Å². The highest BCUT2D eigenvalue weighted by Crippen LogP contribution is 2.21. The molecular weight excluding hydrogens is 292 g/mol. The van der Waals surface area contributed by atoms with Crippen molar-refractivity contribution in [1.82, 2.24) is 10.6 Å². The molecule has 1 fully saturated rings. The monoisotopic (exact) mass is 304 g/mol. The quantitative estimate of drug-likeness (QED) is 0.880. The van der Waals surface area contributed by atoms with Crippen molar-refractivity contribution in [1.29, 1.82) is 0 Å². The molecular formula is C10H13BrN2O2S. The Kier molecular flexibility index (Phi) is 4.34. The van der Waals surface area contributed by atoms with Crippen molar-refractivity contribution in [2.75, 3.05) is 19.8 Å². The summed E-state index contributed by atoms with van der Waals surface area (Å²) in [7, 11) is 0. The molecule has 6 heteroatoms. The first kappa shape index (κ1) is 12.0. The molecule has 1 aliphatic heterocycles. The van der Waals surface area contributed by atoms with Crippen molar-refractivity contribution < 1.29 is 9.53 Å². The highest BCUT2D eigenvalue weighted by atomic mass is 79.9. The number of hydrogen-bond donors (Lipinski definition) is 2. The fourth-order valence-electron chi connectivity index (χ4n) is 1.48. The van der Waals surface area contributed by atoms with Crippen molar-refractivity contribution in [3.8, 4) is 0 Å². The van der Waals surface area contributed by atoms with Gasteiger partial charge in [-0.2, -0.15) is 0 Å². The van der Waals surface area contributed by atoms with E-state index < -0.39 is 0 Å². The number of hydrogen-bond acceptors (Lipinski definition) is 4. The van der Waals surface area contributed by atoms with Gasteiger partial charge in [-0.25, -0.2) is 0 Å². The Morgan fingerprint density at radius 2 is 2.56 bits per heavy atom. The molecule has 0 aliphatic carbocycles. The van der Waals surface area contributed by atoms with Crippen LogP contribution in [0.4, 0.5) is 0 Å². The highest BCUT2D eigenvalue weighted by Gasteiger charge is 2.20. The summed E-state index contributed by atoms with van der Waals surface area (Å²) in [6.07, 6.45) is 0. The Hall–Kier alpha value is -0.430. The summed E-state index contributed by atoms with van der Waals surface area (Å²) in [6.45, 7) is 2.46. The molecule has 1 amide bonds. The fourth-order valence-corrected chi connectivity index (χ4v) is 2.90. The van der Waals surface area contributed by atoms with Crippen molar-refractivity contribution >= 4 is 33.2 Å². The second-order valence-electron chi connectivity index (χ2n) is 3.51. The van der Waals surface area contributed by atoms with Crippen LogP contribution in [0.1, 0.15) is 4.88 Å². The van der Waals surface area contributed by atoms with Crippen LogP contribution in [-0.2, 0) is 16.1 Å². The van der Waals surface area contributed by atoms with Gasteiger partial charge in [0, 0.05) is 11.4 Å². The summed E-state index contributed by atoms with van der Waals surface area (Å²) in [5.74, 6) is 0.00391. The van der Waals surface area contributed by atoms with E-state index in [-0.39, 0.29) is 11.9 Å². The smallest absolute Gasteiger partial charge is 0.239 e. The van der Waals surface area contributed by atoms with Gasteiger partial charge in [0.2, 0.25) is 5.91 Å². The molecule has 1 aliphatic rings. The van der Waals surface area contributed by atoms with Gasteiger partial charge in [-0.15, -0.1) is 11.3 Å². The molecule has 0 radical (unpaired) electrons. The van der Waals surface area contributed by atoms with E-state index in [4.69, 9.17) is 4.74 Å². The number of ether oxygens (including phenoxy) is 1. The van der Waals surface area contributed by atoms with Crippen LogP contribution in [0, 0.1) is 0 Å². The van der Waals surface area contributed by atoms with Crippen LogP contribution in [-0.4, -0.2) is 31.7 Å². The zero-order valence-electron chi connectivity index (χ0n) is 8.66. The third-order valence-corrected chi connectivity index (χ3v) is 3.93. The van der Waals surface area contributed by atoms with Crippen molar-refractivity contribution in [3.05, 3.63) is 20.8 Å². The summed E-state index contributed by atoms with van der Waals surface area (Å²) in [5.41, 5.74) is 0. The molecule has 4 nitrogen and oxygen atoms in total. The molecule has 88 valence electrons. The zero-order valence-corrected chi connectivity index (χ0v) is 11.1. The molecule has 0 spiro atoms. The molecule has 16 heavy (non-hydrogen) atoms. The lowest BCUT2D eigenvalue weighted by molar-refractivity contribution is -0.126. The second kappa shape index (κ2) is 5.77. The lowest BCUT2D eigenvalue weighted by Crippen LogP contribution is -2.50. The van der Waals surface area contributed by atoms with Crippen LogP contribution in [0.15, 0.2) is 15.9 Å². The van der Waals surface area contributed by atoms with E-state index in [0.717, 1.165) is 15.2 Å². The summed E-state index contributed by atoms with van der Waals surface area (Å²) in [4.78, 5) is 12.9. The summed E-state index contributed by atoms with van der Waals surface area (Å²) in [5, 5.41) is 6.01. The number of amides is 1. The average molecular weight is 305 g/mol. The number of nitrogens with one attached hydrogen (secondary N) is 2. The van der Waals surface area contributed by atoms with Gasteiger partial charge in [0.25, 0.3) is 0 Å². The predicted octanol–water partition coefficient (Wildman–Crippen LogP) is 1.12. The third kappa shape index (κ3) is 3.28. The first-order valence-electron chi connectivity index (χ1n) is 5.09. The minimum Gasteiger partial charge on any atom is -0.378 e. The van der Waals surface area contributed by atoms with E-state index in [9.17, 15) is 4.79 Å². The van der Waals surface area contributed by atoms with Crippen LogP contribution < -0.4 is 10.6 Å². The Balaban J connectivity index is 1.78. The van der Waals surface area contributed by atoms with E-state index in [2.05, 4.69) is 26.6 Å². The number of carbonyl (C=O) groups excluding carboxylic acids is 1. The third-order valence-electron chi connectivity index (χ3n) is 2.30. The summed E-state index contributed by atoms with van der Waals surface area (Å²) < 4.78 is 6.31. The number of carbonyl (C=O) groups is 1. The molecule has 1 aromatic rings. The van der Waals surface area contributed by atoms with Crippen molar-refractivity contribution in [3.63, 3.8) is 0 Å². The normalized spacial score (nSPS) is 20.7. The minimum atomic E-state index is -0.211. The molecule has 1 atom stereocenters. The standard InChI is InChI=1S/C10H13BrN2O2S/c11-9-2-1-7(16-9)5-13-10(14)8-6-15-4-3-12-8/h1-2,8,12H,3-6H2,(H,13,14). The molecule has 2 N–H and O–H groups in total. The van der Waals surface area contributed by atoms with E-state index in [1.54, 1.807) is 11.3 Å². The predicted molar refractivity (Wildman–Crippen MR) is 66.5 cm³/mol. The number of halogens is 1. The van der Waals surface area contributed by atoms with Crippen LogP contribution in [0.5, 0.6) is 0 Å². The van der Waals surface area contributed by atoms with Gasteiger partial charge in [-0.1, -0.05) is 0 Å². The molecule has 1 saturated heterocycles. The van der Waals surface area contributed by atoms with Gasteiger partial charge in [-0.3, -0.25) is 4.79 Å².